The third kappa shape index (κ3) is 2.29. The highest BCUT2D eigenvalue weighted by atomic mass is 32.2. The summed E-state index contributed by atoms with van der Waals surface area (Å²) in [6, 6.07) is 5.42. The van der Waals surface area contributed by atoms with Crippen molar-refractivity contribution < 1.29 is 13.2 Å². The lowest BCUT2D eigenvalue weighted by Crippen LogP contribution is -2.18. The molecule has 1 aliphatic rings. The van der Waals surface area contributed by atoms with Crippen LogP contribution in [0.25, 0.3) is 0 Å². The highest BCUT2D eigenvalue weighted by molar-refractivity contribution is 7.91. The Balaban J connectivity index is 2.14. The Bertz CT molecular complexity index is 496. The van der Waals surface area contributed by atoms with Crippen molar-refractivity contribution in [1.82, 2.24) is 0 Å². The van der Waals surface area contributed by atoms with Gasteiger partial charge in [0.25, 0.3) is 0 Å². The fourth-order valence-electron chi connectivity index (χ4n) is 1.79. The monoisotopic (exact) mass is 241 g/mol. The minimum Gasteiger partial charge on any atom is -0.489 e. The molecule has 1 aliphatic heterocycles. The number of hydrogen-bond donors (Lipinski definition) is 1. The van der Waals surface area contributed by atoms with Crippen molar-refractivity contribution in [2.75, 3.05) is 17.2 Å². The van der Waals surface area contributed by atoms with Crippen molar-refractivity contribution in [1.29, 1.82) is 0 Å². The lowest BCUT2D eigenvalue weighted by molar-refractivity contribution is 0.227. The number of nitrogen functional groups attached to an aromatic ring is 1. The van der Waals surface area contributed by atoms with Gasteiger partial charge in [0.15, 0.2) is 9.84 Å². The summed E-state index contributed by atoms with van der Waals surface area (Å²) in [4.78, 5) is 0. The molecular formula is C11H15NO3S. The molecule has 0 aliphatic carbocycles. The first kappa shape index (κ1) is 11.3. The van der Waals surface area contributed by atoms with Crippen LogP contribution in [0.3, 0.4) is 0 Å². The van der Waals surface area contributed by atoms with E-state index in [0.717, 1.165) is 5.56 Å². The van der Waals surface area contributed by atoms with Gasteiger partial charge in [0, 0.05) is 11.3 Å². The Hall–Kier alpha value is -1.23. The third-order valence-electron chi connectivity index (χ3n) is 2.81. The topological polar surface area (TPSA) is 69.4 Å². The molecule has 1 atom stereocenters. The zero-order chi connectivity index (χ0) is 11.8. The maximum absolute atomic E-state index is 11.3. The molecule has 5 heteroatoms. The molecule has 0 saturated carbocycles. The molecule has 1 saturated heterocycles. The molecular weight excluding hydrogens is 226 g/mol. The van der Waals surface area contributed by atoms with Crippen LogP contribution in [0.2, 0.25) is 0 Å². The average molecular weight is 241 g/mol. The second-order valence-corrected chi connectivity index (χ2v) is 6.34. The molecule has 0 radical (unpaired) electrons. The largest absolute Gasteiger partial charge is 0.489 e. The van der Waals surface area contributed by atoms with Crippen LogP contribution in [0.1, 0.15) is 12.0 Å². The summed E-state index contributed by atoms with van der Waals surface area (Å²) < 4.78 is 28.2. The van der Waals surface area contributed by atoms with Crippen LogP contribution < -0.4 is 10.5 Å². The van der Waals surface area contributed by atoms with Crippen molar-refractivity contribution in [2.24, 2.45) is 0 Å². The van der Waals surface area contributed by atoms with Gasteiger partial charge < -0.3 is 10.5 Å². The Morgan fingerprint density at radius 2 is 2.19 bits per heavy atom. The molecule has 0 amide bonds. The second kappa shape index (κ2) is 3.97. The Kier molecular flexibility index (Phi) is 2.80. The van der Waals surface area contributed by atoms with Gasteiger partial charge in [-0.05, 0) is 25.5 Å². The van der Waals surface area contributed by atoms with Crippen LogP contribution in [0.4, 0.5) is 5.69 Å². The van der Waals surface area contributed by atoms with Crippen molar-refractivity contribution in [2.45, 2.75) is 19.4 Å². The van der Waals surface area contributed by atoms with Gasteiger partial charge in [-0.15, -0.1) is 0 Å². The molecule has 16 heavy (non-hydrogen) atoms. The fourth-order valence-corrected chi connectivity index (χ4v) is 3.38. The zero-order valence-electron chi connectivity index (χ0n) is 9.14. The SMILES string of the molecule is Cc1c(N)cccc1OC1CCS(=O)(=O)C1. The van der Waals surface area contributed by atoms with E-state index in [1.54, 1.807) is 12.1 Å². The first-order chi connectivity index (χ1) is 7.48. The van der Waals surface area contributed by atoms with Crippen LogP contribution in [0.15, 0.2) is 18.2 Å². The molecule has 4 nitrogen and oxygen atoms in total. The van der Waals surface area contributed by atoms with E-state index >= 15 is 0 Å². The summed E-state index contributed by atoms with van der Waals surface area (Å²) >= 11 is 0. The maximum atomic E-state index is 11.3. The van der Waals surface area contributed by atoms with E-state index in [4.69, 9.17) is 10.5 Å². The smallest absolute Gasteiger partial charge is 0.154 e. The van der Waals surface area contributed by atoms with Gasteiger partial charge in [-0.2, -0.15) is 0 Å². The Morgan fingerprint density at radius 3 is 2.81 bits per heavy atom. The van der Waals surface area contributed by atoms with E-state index in [-0.39, 0.29) is 17.6 Å². The summed E-state index contributed by atoms with van der Waals surface area (Å²) in [6.07, 6.45) is 0.335. The first-order valence-electron chi connectivity index (χ1n) is 5.20. The van der Waals surface area contributed by atoms with E-state index in [9.17, 15) is 8.42 Å². The molecule has 2 rings (SSSR count). The number of ether oxygens (including phenoxy) is 1. The quantitative estimate of drug-likeness (QED) is 0.788. The predicted octanol–water partition coefficient (Wildman–Crippen LogP) is 1.14. The van der Waals surface area contributed by atoms with Gasteiger partial charge in [-0.25, -0.2) is 8.42 Å². The van der Waals surface area contributed by atoms with Crippen LogP contribution in [-0.2, 0) is 9.84 Å². The van der Waals surface area contributed by atoms with E-state index < -0.39 is 9.84 Å². The second-order valence-electron chi connectivity index (χ2n) is 4.11. The van der Waals surface area contributed by atoms with Crippen molar-refractivity contribution >= 4 is 15.5 Å². The highest BCUT2D eigenvalue weighted by Crippen LogP contribution is 2.26. The molecule has 2 N–H and O–H groups in total. The molecule has 0 spiro atoms. The molecule has 1 aromatic rings. The van der Waals surface area contributed by atoms with Crippen LogP contribution in [-0.4, -0.2) is 26.0 Å². The summed E-state index contributed by atoms with van der Waals surface area (Å²) in [5, 5.41) is 0. The highest BCUT2D eigenvalue weighted by Gasteiger charge is 2.29. The Morgan fingerprint density at radius 1 is 1.44 bits per heavy atom. The standard InChI is InChI=1S/C11H15NO3S/c1-8-10(12)3-2-4-11(8)15-9-5-6-16(13,14)7-9/h2-4,9H,5-7,12H2,1H3. The van der Waals surface area contributed by atoms with Gasteiger partial charge in [0.2, 0.25) is 0 Å². The number of benzene rings is 1. The first-order valence-corrected chi connectivity index (χ1v) is 7.02. The molecule has 0 bridgehead atoms. The number of rotatable bonds is 2. The van der Waals surface area contributed by atoms with Crippen LogP contribution in [0, 0.1) is 6.92 Å². The van der Waals surface area contributed by atoms with Gasteiger partial charge in [0.1, 0.15) is 11.9 Å². The normalized spacial score (nSPS) is 23.2. The van der Waals surface area contributed by atoms with Gasteiger partial charge in [-0.3, -0.25) is 0 Å². The minimum atomic E-state index is -2.89. The fraction of sp³-hybridized carbons (Fsp3) is 0.455. The Labute approximate surface area is 95.3 Å². The van der Waals surface area contributed by atoms with Crippen molar-refractivity contribution in [3.05, 3.63) is 23.8 Å². The molecule has 1 fully saturated rings. The lowest BCUT2D eigenvalue weighted by Gasteiger charge is -2.14. The minimum absolute atomic E-state index is 0.112. The van der Waals surface area contributed by atoms with Crippen molar-refractivity contribution in [3.8, 4) is 5.75 Å². The molecule has 88 valence electrons. The van der Waals surface area contributed by atoms with E-state index in [0.29, 0.717) is 17.9 Å². The van der Waals surface area contributed by atoms with Gasteiger partial charge in [0.05, 0.1) is 11.5 Å². The summed E-state index contributed by atoms with van der Waals surface area (Å²) in [6.45, 7) is 1.87. The number of nitrogens with two attached hydrogens (primary N) is 1. The van der Waals surface area contributed by atoms with Crippen LogP contribution >= 0.6 is 0 Å². The predicted molar refractivity (Wildman–Crippen MR) is 63.3 cm³/mol. The van der Waals surface area contributed by atoms with Gasteiger partial charge >= 0.3 is 0 Å². The third-order valence-corrected chi connectivity index (χ3v) is 4.55. The average Bonchev–Trinajstić information content (AvgIpc) is 2.53. The molecule has 0 aromatic heterocycles. The number of hydrogen-bond acceptors (Lipinski definition) is 4. The summed E-state index contributed by atoms with van der Waals surface area (Å²) in [5.41, 5.74) is 7.28. The van der Waals surface area contributed by atoms with Crippen molar-refractivity contribution in [3.63, 3.8) is 0 Å². The van der Waals surface area contributed by atoms with E-state index in [1.807, 2.05) is 13.0 Å². The lowest BCUT2D eigenvalue weighted by atomic mass is 10.2. The maximum Gasteiger partial charge on any atom is 0.154 e. The van der Waals surface area contributed by atoms with Crippen LogP contribution in [0.5, 0.6) is 5.75 Å². The molecule has 1 heterocycles. The summed E-state index contributed by atoms with van der Waals surface area (Å²) in [7, 11) is -2.89. The zero-order valence-corrected chi connectivity index (χ0v) is 9.96. The number of anilines is 1. The van der Waals surface area contributed by atoms with E-state index in [1.165, 1.54) is 0 Å². The number of sulfone groups is 1. The van der Waals surface area contributed by atoms with Gasteiger partial charge in [-0.1, -0.05) is 6.07 Å². The summed E-state index contributed by atoms with van der Waals surface area (Å²) in [5.74, 6) is 1.02. The molecule has 1 unspecified atom stereocenters. The molecule has 1 aromatic carbocycles. The van der Waals surface area contributed by atoms with E-state index in [2.05, 4.69) is 0 Å².